The zero-order chi connectivity index (χ0) is 14.6. The highest BCUT2D eigenvalue weighted by molar-refractivity contribution is 5.54. The molecule has 4 heteroatoms. The molecular formula is C16H27N3O. The van der Waals surface area contributed by atoms with Crippen LogP contribution in [-0.4, -0.2) is 36.8 Å². The third-order valence-electron chi connectivity index (χ3n) is 3.61. The molecule has 1 aliphatic heterocycles. The van der Waals surface area contributed by atoms with E-state index in [4.69, 9.17) is 4.74 Å². The minimum absolute atomic E-state index is 0.0798. The van der Waals surface area contributed by atoms with E-state index < -0.39 is 0 Å². The van der Waals surface area contributed by atoms with E-state index in [1.807, 2.05) is 6.20 Å². The Balaban J connectivity index is 2.17. The number of rotatable bonds is 5. The van der Waals surface area contributed by atoms with E-state index in [-0.39, 0.29) is 5.60 Å². The van der Waals surface area contributed by atoms with Crippen molar-refractivity contribution in [2.45, 2.75) is 46.3 Å². The molecule has 0 atom stereocenters. The van der Waals surface area contributed by atoms with Crippen LogP contribution in [0, 0.1) is 6.92 Å². The van der Waals surface area contributed by atoms with E-state index in [9.17, 15) is 0 Å². The predicted molar refractivity (Wildman–Crippen MR) is 83.2 cm³/mol. The average Bonchev–Trinajstić information content (AvgIpc) is 2.39. The van der Waals surface area contributed by atoms with Gasteiger partial charge in [0.15, 0.2) is 0 Å². The van der Waals surface area contributed by atoms with Crippen molar-refractivity contribution in [3.8, 4) is 0 Å². The quantitative estimate of drug-likeness (QED) is 0.839. The number of hydrogen-bond donors (Lipinski definition) is 1. The molecule has 2 heterocycles. The Morgan fingerprint density at radius 3 is 2.95 bits per heavy atom. The van der Waals surface area contributed by atoms with Gasteiger partial charge in [0.05, 0.1) is 12.2 Å². The fourth-order valence-electron chi connectivity index (χ4n) is 2.63. The van der Waals surface area contributed by atoms with Gasteiger partial charge in [0, 0.05) is 42.8 Å². The molecule has 0 amide bonds. The Morgan fingerprint density at radius 1 is 1.45 bits per heavy atom. The number of aromatic nitrogens is 1. The van der Waals surface area contributed by atoms with Gasteiger partial charge in [-0.3, -0.25) is 4.98 Å². The van der Waals surface area contributed by atoms with Crippen molar-refractivity contribution in [2.75, 3.05) is 31.1 Å². The van der Waals surface area contributed by atoms with Crippen molar-refractivity contribution in [3.63, 3.8) is 0 Å². The van der Waals surface area contributed by atoms with Crippen LogP contribution in [0.4, 0.5) is 5.69 Å². The van der Waals surface area contributed by atoms with Crippen molar-refractivity contribution >= 4 is 5.69 Å². The zero-order valence-corrected chi connectivity index (χ0v) is 13.2. The second-order valence-corrected chi connectivity index (χ2v) is 6.16. The molecule has 0 aliphatic carbocycles. The smallest absolute Gasteiger partial charge is 0.0801 e. The van der Waals surface area contributed by atoms with Gasteiger partial charge >= 0.3 is 0 Å². The van der Waals surface area contributed by atoms with E-state index >= 15 is 0 Å². The van der Waals surface area contributed by atoms with Gasteiger partial charge in [-0.2, -0.15) is 0 Å². The molecule has 0 radical (unpaired) electrons. The van der Waals surface area contributed by atoms with Crippen molar-refractivity contribution in [1.82, 2.24) is 10.3 Å². The van der Waals surface area contributed by atoms with Crippen LogP contribution in [0.15, 0.2) is 12.3 Å². The van der Waals surface area contributed by atoms with E-state index in [0.29, 0.717) is 0 Å². The molecule has 0 bridgehead atoms. The first-order chi connectivity index (χ1) is 9.52. The SMILES string of the molecule is CCCNCc1cnc(C)cc1N1CCOC(C)(C)C1. The number of anilines is 1. The van der Waals surface area contributed by atoms with Gasteiger partial charge in [0.2, 0.25) is 0 Å². The number of pyridine rings is 1. The van der Waals surface area contributed by atoms with Crippen LogP contribution in [-0.2, 0) is 11.3 Å². The molecule has 4 nitrogen and oxygen atoms in total. The lowest BCUT2D eigenvalue weighted by molar-refractivity contribution is -0.0277. The lowest BCUT2D eigenvalue weighted by Gasteiger charge is -2.40. The van der Waals surface area contributed by atoms with Crippen molar-refractivity contribution in [2.24, 2.45) is 0 Å². The van der Waals surface area contributed by atoms with E-state index in [2.05, 4.69) is 49.0 Å². The summed E-state index contributed by atoms with van der Waals surface area (Å²) < 4.78 is 5.81. The number of ether oxygens (including phenoxy) is 1. The first kappa shape index (κ1) is 15.3. The zero-order valence-electron chi connectivity index (χ0n) is 13.2. The van der Waals surface area contributed by atoms with E-state index in [1.165, 1.54) is 11.3 Å². The second-order valence-electron chi connectivity index (χ2n) is 6.16. The van der Waals surface area contributed by atoms with Crippen LogP contribution in [0.5, 0.6) is 0 Å². The van der Waals surface area contributed by atoms with Gasteiger partial charge in [-0.05, 0) is 39.8 Å². The van der Waals surface area contributed by atoms with Crippen molar-refractivity contribution in [3.05, 3.63) is 23.5 Å². The Bertz CT molecular complexity index is 445. The molecule has 0 unspecified atom stereocenters. The molecule has 1 aliphatic rings. The summed E-state index contributed by atoms with van der Waals surface area (Å²) in [6.07, 6.45) is 3.16. The molecule has 1 N–H and O–H groups in total. The molecular weight excluding hydrogens is 250 g/mol. The average molecular weight is 277 g/mol. The molecule has 20 heavy (non-hydrogen) atoms. The van der Waals surface area contributed by atoms with E-state index in [0.717, 1.165) is 44.9 Å². The predicted octanol–water partition coefficient (Wildman–Crippen LogP) is 2.50. The number of hydrogen-bond acceptors (Lipinski definition) is 4. The van der Waals surface area contributed by atoms with Crippen molar-refractivity contribution < 1.29 is 4.74 Å². The summed E-state index contributed by atoms with van der Waals surface area (Å²) in [5.74, 6) is 0. The molecule has 1 fully saturated rings. The fourth-order valence-corrected chi connectivity index (χ4v) is 2.63. The highest BCUT2D eigenvalue weighted by Gasteiger charge is 2.28. The highest BCUT2D eigenvalue weighted by atomic mass is 16.5. The van der Waals surface area contributed by atoms with E-state index in [1.54, 1.807) is 0 Å². The Labute approximate surface area is 122 Å². The molecule has 1 saturated heterocycles. The van der Waals surface area contributed by atoms with Crippen LogP contribution in [0.3, 0.4) is 0 Å². The summed E-state index contributed by atoms with van der Waals surface area (Å²) in [7, 11) is 0. The van der Waals surface area contributed by atoms with Crippen LogP contribution < -0.4 is 10.2 Å². The standard InChI is InChI=1S/C16H27N3O/c1-5-6-17-10-14-11-18-13(2)9-15(14)19-7-8-20-16(3,4)12-19/h9,11,17H,5-8,10,12H2,1-4H3. The number of morpholine rings is 1. The highest BCUT2D eigenvalue weighted by Crippen LogP contribution is 2.26. The number of nitrogens with zero attached hydrogens (tertiary/aromatic N) is 2. The maximum Gasteiger partial charge on any atom is 0.0801 e. The number of nitrogens with one attached hydrogen (secondary N) is 1. The molecule has 2 rings (SSSR count). The third kappa shape index (κ3) is 3.93. The molecule has 0 spiro atoms. The minimum Gasteiger partial charge on any atom is -0.372 e. The lowest BCUT2D eigenvalue weighted by atomic mass is 10.1. The normalized spacial score (nSPS) is 18.3. The maximum absolute atomic E-state index is 5.81. The first-order valence-corrected chi connectivity index (χ1v) is 7.57. The summed E-state index contributed by atoms with van der Waals surface area (Å²) in [5, 5.41) is 3.47. The fraction of sp³-hybridized carbons (Fsp3) is 0.688. The Morgan fingerprint density at radius 2 is 2.25 bits per heavy atom. The van der Waals surface area contributed by atoms with Gasteiger partial charge in [-0.15, -0.1) is 0 Å². The monoisotopic (exact) mass is 277 g/mol. The Kier molecular flexibility index (Phi) is 5.00. The second kappa shape index (κ2) is 6.55. The van der Waals surface area contributed by atoms with Crippen LogP contribution >= 0.6 is 0 Å². The molecule has 0 saturated carbocycles. The van der Waals surface area contributed by atoms with Gasteiger partial charge in [-0.1, -0.05) is 6.92 Å². The van der Waals surface area contributed by atoms with Gasteiger partial charge in [0.25, 0.3) is 0 Å². The summed E-state index contributed by atoms with van der Waals surface area (Å²) in [5.41, 5.74) is 3.58. The number of aryl methyl sites for hydroxylation is 1. The summed E-state index contributed by atoms with van der Waals surface area (Å²) in [6, 6.07) is 2.20. The maximum atomic E-state index is 5.81. The molecule has 112 valence electrons. The summed E-state index contributed by atoms with van der Waals surface area (Å²) in [6.45, 7) is 13.1. The minimum atomic E-state index is -0.0798. The van der Waals surface area contributed by atoms with Gasteiger partial charge in [0.1, 0.15) is 0 Å². The van der Waals surface area contributed by atoms with Crippen molar-refractivity contribution in [1.29, 1.82) is 0 Å². The lowest BCUT2D eigenvalue weighted by Crippen LogP contribution is -2.48. The molecule has 1 aromatic heterocycles. The first-order valence-electron chi connectivity index (χ1n) is 7.57. The van der Waals surface area contributed by atoms with Gasteiger partial charge in [-0.25, -0.2) is 0 Å². The van der Waals surface area contributed by atoms with Crippen LogP contribution in [0.1, 0.15) is 38.4 Å². The summed E-state index contributed by atoms with van der Waals surface area (Å²) in [4.78, 5) is 6.88. The van der Waals surface area contributed by atoms with Gasteiger partial charge < -0.3 is 15.0 Å². The molecule has 1 aromatic rings. The van der Waals surface area contributed by atoms with Crippen LogP contribution in [0.25, 0.3) is 0 Å². The third-order valence-corrected chi connectivity index (χ3v) is 3.61. The largest absolute Gasteiger partial charge is 0.372 e. The molecule has 0 aromatic carbocycles. The van der Waals surface area contributed by atoms with Crippen LogP contribution in [0.2, 0.25) is 0 Å². The summed E-state index contributed by atoms with van der Waals surface area (Å²) >= 11 is 0. The topological polar surface area (TPSA) is 37.4 Å². The Hall–Kier alpha value is -1.13.